The van der Waals surface area contributed by atoms with Crippen LogP contribution in [-0.2, 0) is 0 Å². The lowest BCUT2D eigenvalue weighted by molar-refractivity contribution is 0.0612. The lowest BCUT2D eigenvalue weighted by Gasteiger charge is -2.36. The Kier molecular flexibility index (Phi) is 4.59. The summed E-state index contributed by atoms with van der Waals surface area (Å²) in [6.07, 6.45) is 0. The van der Waals surface area contributed by atoms with E-state index in [0.717, 1.165) is 13.1 Å². The highest BCUT2D eigenvalue weighted by atomic mass is 16.5. The van der Waals surface area contributed by atoms with Gasteiger partial charge in [-0.1, -0.05) is 12.1 Å². The second-order valence-corrected chi connectivity index (χ2v) is 4.83. The van der Waals surface area contributed by atoms with Gasteiger partial charge in [-0.15, -0.1) is 0 Å². The zero-order chi connectivity index (χ0) is 14.5. The van der Waals surface area contributed by atoms with E-state index in [2.05, 4.69) is 11.0 Å². The number of hydrogen-bond donors (Lipinski definition) is 0. The average Bonchev–Trinajstić information content (AvgIpc) is 2.53. The van der Waals surface area contributed by atoms with Crippen LogP contribution < -0.4 is 4.74 Å². The molecule has 5 nitrogen and oxygen atoms in total. The Labute approximate surface area is 119 Å². The van der Waals surface area contributed by atoms with E-state index in [1.807, 2.05) is 24.0 Å². The summed E-state index contributed by atoms with van der Waals surface area (Å²) < 4.78 is 5.23. The van der Waals surface area contributed by atoms with Crippen molar-refractivity contribution in [2.24, 2.45) is 0 Å². The molecule has 1 saturated heterocycles. The number of ether oxygens (including phenoxy) is 1. The topological polar surface area (TPSA) is 56.6 Å². The Morgan fingerprint density at radius 2 is 1.95 bits per heavy atom. The Balaban J connectivity index is 2.04. The quantitative estimate of drug-likeness (QED) is 0.834. The molecule has 0 saturated carbocycles. The minimum atomic E-state index is -0.0986. The van der Waals surface area contributed by atoms with Crippen molar-refractivity contribution in [3.63, 3.8) is 0 Å². The van der Waals surface area contributed by atoms with E-state index in [1.54, 1.807) is 19.2 Å². The highest BCUT2D eigenvalue weighted by Gasteiger charge is 2.25. The van der Waals surface area contributed by atoms with Gasteiger partial charge >= 0.3 is 0 Å². The van der Waals surface area contributed by atoms with Gasteiger partial charge in [-0.3, -0.25) is 9.69 Å². The lowest BCUT2D eigenvalue weighted by atomic mass is 10.1. The standard InChI is InChI=1S/C15H19N3O2/c1-12(11-16)17-7-9-18(10-8-17)15(19)13-5-3-4-6-14(13)20-2/h3-6,12H,7-10H2,1-2H3. The van der Waals surface area contributed by atoms with Crippen molar-refractivity contribution in [3.05, 3.63) is 29.8 Å². The lowest BCUT2D eigenvalue weighted by Crippen LogP contribution is -2.51. The molecule has 0 N–H and O–H groups in total. The molecule has 1 atom stereocenters. The van der Waals surface area contributed by atoms with Crippen LogP contribution in [0.5, 0.6) is 5.75 Å². The zero-order valence-electron chi connectivity index (χ0n) is 11.9. The van der Waals surface area contributed by atoms with Crippen molar-refractivity contribution in [1.82, 2.24) is 9.80 Å². The molecule has 0 aliphatic carbocycles. The largest absolute Gasteiger partial charge is 0.496 e. The summed E-state index contributed by atoms with van der Waals surface area (Å²) in [4.78, 5) is 16.4. The van der Waals surface area contributed by atoms with Gasteiger partial charge in [0.2, 0.25) is 0 Å². The highest BCUT2D eigenvalue weighted by Crippen LogP contribution is 2.20. The minimum absolute atomic E-state index is 0.00768. The number of carbonyl (C=O) groups is 1. The maximum atomic E-state index is 12.5. The van der Waals surface area contributed by atoms with Gasteiger partial charge in [-0.05, 0) is 19.1 Å². The molecule has 20 heavy (non-hydrogen) atoms. The van der Waals surface area contributed by atoms with E-state index >= 15 is 0 Å². The number of carbonyl (C=O) groups excluding carboxylic acids is 1. The van der Waals surface area contributed by atoms with Gasteiger partial charge in [0.1, 0.15) is 5.75 Å². The minimum Gasteiger partial charge on any atom is -0.496 e. The summed E-state index contributed by atoms with van der Waals surface area (Å²) >= 11 is 0. The molecule has 2 rings (SSSR count). The van der Waals surface area contributed by atoms with Gasteiger partial charge in [0, 0.05) is 26.2 Å². The fourth-order valence-electron chi connectivity index (χ4n) is 2.39. The van der Waals surface area contributed by atoms with Crippen LogP contribution in [0.4, 0.5) is 0 Å². The first-order valence-corrected chi connectivity index (χ1v) is 6.73. The Morgan fingerprint density at radius 3 is 2.55 bits per heavy atom. The molecule has 0 bridgehead atoms. The van der Waals surface area contributed by atoms with E-state index in [1.165, 1.54) is 0 Å². The van der Waals surface area contributed by atoms with Crippen molar-refractivity contribution in [3.8, 4) is 11.8 Å². The monoisotopic (exact) mass is 273 g/mol. The molecular formula is C15H19N3O2. The second kappa shape index (κ2) is 6.40. The van der Waals surface area contributed by atoms with Crippen molar-refractivity contribution in [2.75, 3.05) is 33.3 Å². The molecule has 5 heteroatoms. The van der Waals surface area contributed by atoms with Gasteiger partial charge in [-0.2, -0.15) is 5.26 Å². The summed E-state index contributed by atoms with van der Waals surface area (Å²) in [7, 11) is 1.57. The molecular weight excluding hydrogens is 254 g/mol. The van der Waals surface area contributed by atoms with Crippen LogP contribution in [0.2, 0.25) is 0 Å². The molecule has 1 aliphatic rings. The maximum absolute atomic E-state index is 12.5. The van der Waals surface area contributed by atoms with Gasteiger partial charge < -0.3 is 9.64 Å². The fraction of sp³-hybridized carbons (Fsp3) is 0.467. The predicted octanol–water partition coefficient (Wildman–Crippen LogP) is 1.37. The number of nitrogens with zero attached hydrogens (tertiary/aromatic N) is 3. The molecule has 0 aromatic heterocycles. The smallest absolute Gasteiger partial charge is 0.257 e. The summed E-state index contributed by atoms with van der Waals surface area (Å²) in [5.74, 6) is 0.594. The van der Waals surface area contributed by atoms with Crippen molar-refractivity contribution >= 4 is 5.91 Å². The van der Waals surface area contributed by atoms with E-state index < -0.39 is 0 Å². The van der Waals surface area contributed by atoms with Crippen molar-refractivity contribution in [1.29, 1.82) is 5.26 Å². The van der Waals surface area contributed by atoms with E-state index in [9.17, 15) is 4.79 Å². The maximum Gasteiger partial charge on any atom is 0.257 e. The fourth-order valence-corrected chi connectivity index (χ4v) is 2.39. The number of nitriles is 1. The molecule has 1 aliphatic heterocycles. The van der Waals surface area contributed by atoms with Crippen molar-refractivity contribution < 1.29 is 9.53 Å². The van der Waals surface area contributed by atoms with Crippen LogP contribution >= 0.6 is 0 Å². The summed E-state index contributed by atoms with van der Waals surface area (Å²) in [6.45, 7) is 4.63. The molecule has 106 valence electrons. The van der Waals surface area contributed by atoms with Crippen LogP contribution in [-0.4, -0.2) is 55.0 Å². The Morgan fingerprint density at radius 1 is 1.30 bits per heavy atom. The second-order valence-electron chi connectivity index (χ2n) is 4.83. The first-order chi connectivity index (χ1) is 9.67. The first kappa shape index (κ1) is 14.4. The van der Waals surface area contributed by atoms with Gasteiger partial charge in [-0.25, -0.2) is 0 Å². The summed E-state index contributed by atoms with van der Waals surface area (Å²) in [5, 5.41) is 8.92. The summed E-state index contributed by atoms with van der Waals surface area (Å²) in [6, 6.07) is 9.39. The van der Waals surface area contributed by atoms with Crippen molar-refractivity contribution in [2.45, 2.75) is 13.0 Å². The molecule has 1 fully saturated rings. The normalized spacial score (nSPS) is 17.4. The molecule has 0 radical (unpaired) electrons. The molecule has 1 aromatic rings. The third-order valence-corrected chi connectivity index (χ3v) is 3.67. The molecule has 1 aromatic carbocycles. The third-order valence-electron chi connectivity index (χ3n) is 3.67. The predicted molar refractivity (Wildman–Crippen MR) is 75.5 cm³/mol. The SMILES string of the molecule is COc1ccccc1C(=O)N1CCN(C(C)C#N)CC1. The molecule has 1 amide bonds. The number of methoxy groups -OCH3 is 1. The third kappa shape index (κ3) is 2.91. The number of benzene rings is 1. The molecule has 0 spiro atoms. The number of hydrogen-bond acceptors (Lipinski definition) is 4. The number of rotatable bonds is 3. The van der Waals surface area contributed by atoms with E-state index in [4.69, 9.17) is 10.00 Å². The Hall–Kier alpha value is -2.06. The molecule has 1 heterocycles. The van der Waals surface area contributed by atoms with Crippen LogP contribution in [0, 0.1) is 11.3 Å². The van der Waals surface area contributed by atoms with Crippen LogP contribution in [0.25, 0.3) is 0 Å². The first-order valence-electron chi connectivity index (χ1n) is 6.73. The number of para-hydroxylation sites is 1. The summed E-state index contributed by atoms with van der Waals surface area (Å²) in [5.41, 5.74) is 0.594. The van der Waals surface area contributed by atoms with Gasteiger partial charge in [0.05, 0.1) is 24.8 Å². The number of piperazine rings is 1. The van der Waals surface area contributed by atoms with Gasteiger partial charge in [0.25, 0.3) is 5.91 Å². The van der Waals surface area contributed by atoms with Crippen LogP contribution in [0.3, 0.4) is 0 Å². The van der Waals surface area contributed by atoms with E-state index in [-0.39, 0.29) is 11.9 Å². The van der Waals surface area contributed by atoms with Gasteiger partial charge in [0.15, 0.2) is 0 Å². The number of amides is 1. The average molecular weight is 273 g/mol. The zero-order valence-corrected chi connectivity index (χ0v) is 11.9. The van der Waals surface area contributed by atoms with E-state index in [0.29, 0.717) is 24.4 Å². The molecule has 1 unspecified atom stereocenters. The Bertz CT molecular complexity index is 516. The van der Waals surface area contributed by atoms with Crippen LogP contribution in [0.15, 0.2) is 24.3 Å². The van der Waals surface area contributed by atoms with Crippen LogP contribution in [0.1, 0.15) is 17.3 Å². The highest BCUT2D eigenvalue weighted by molar-refractivity contribution is 5.97.